The fourth-order valence-electron chi connectivity index (χ4n) is 1.67. The van der Waals surface area contributed by atoms with Crippen LogP contribution >= 0.6 is 0 Å². The minimum atomic E-state index is 0.735. The second-order valence-corrected chi connectivity index (χ2v) is 3.85. The minimum Gasteiger partial charge on any atom is -0.372 e. The summed E-state index contributed by atoms with van der Waals surface area (Å²) in [5, 5.41) is 2.99. The van der Waals surface area contributed by atoms with Gasteiger partial charge in [0.05, 0.1) is 24.6 Å². The van der Waals surface area contributed by atoms with Gasteiger partial charge in [-0.3, -0.25) is 9.97 Å². The Hall–Kier alpha value is -2.17. The number of hydrogen-bond donors (Lipinski definition) is 1. The van der Waals surface area contributed by atoms with E-state index in [1.165, 1.54) is 0 Å². The highest BCUT2D eigenvalue weighted by Crippen LogP contribution is 2.14. The fourth-order valence-corrected chi connectivity index (χ4v) is 1.67. The van der Waals surface area contributed by atoms with Gasteiger partial charge in [-0.25, -0.2) is 4.98 Å². The van der Waals surface area contributed by atoms with Crippen LogP contribution in [0.2, 0.25) is 0 Å². The van der Waals surface area contributed by atoms with Crippen LogP contribution in [0, 0.1) is 0 Å². The number of aromatic nitrogens is 3. The van der Waals surface area contributed by atoms with E-state index < -0.39 is 0 Å². The van der Waals surface area contributed by atoms with Gasteiger partial charge in [-0.1, -0.05) is 6.07 Å². The van der Waals surface area contributed by atoms with Gasteiger partial charge >= 0.3 is 0 Å². The molecule has 0 saturated carbocycles. The van der Waals surface area contributed by atoms with Crippen LogP contribution in [0.3, 0.4) is 0 Å². The zero-order chi connectivity index (χ0) is 12.8. The van der Waals surface area contributed by atoms with Crippen LogP contribution in [0.25, 0.3) is 0 Å². The van der Waals surface area contributed by atoms with Crippen molar-refractivity contribution in [3.8, 4) is 0 Å². The largest absolute Gasteiger partial charge is 0.372 e. The Bertz CT molecular complexity index is 486. The maximum absolute atomic E-state index is 4.48. The van der Waals surface area contributed by atoms with Gasteiger partial charge in [-0.2, -0.15) is 0 Å². The molecule has 2 rings (SSSR count). The lowest BCUT2D eigenvalue weighted by Gasteiger charge is -2.21. The lowest BCUT2D eigenvalue weighted by atomic mass is 10.3. The summed E-state index contributed by atoms with van der Waals surface area (Å²) in [4.78, 5) is 15.1. The predicted molar refractivity (Wildman–Crippen MR) is 72.5 cm³/mol. The SMILES string of the molecule is CCN(Cc1ccccn1)c1cncc(NC)n1. The summed E-state index contributed by atoms with van der Waals surface area (Å²) in [6.45, 7) is 3.69. The molecule has 0 spiro atoms. The third-order valence-corrected chi connectivity index (χ3v) is 2.66. The van der Waals surface area contributed by atoms with Gasteiger partial charge in [0, 0.05) is 19.8 Å². The Balaban J connectivity index is 2.17. The third-order valence-electron chi connectivity index (χ3n) is 2.66. The Kier molecular flexibility index (Phi) is 4.06. The molecule has 2 aromatic rings. The van der Waals surface area contributed by atoms with Crippen molar-refractivity contribution in [2.24, 2.45) is 0 Å². The first-order chi connectivity index (χ1) is 8.83. The Labute approximate surface area is 107 Å². The van der Waals surface area contributed by atoms with Gasteiger partial charge in [0.15, 0.2) is 0 Å². The quantitative estimate of drug-likeness (QED) is 0.869. The van der Waals surface area contributed by atoms with Crippen LogP contribution in [0.4, 0.5) is 11.6 Å². The molecule has 1 N–H and O–H groups in total. The van der Waals surface area contributed by atoms with Crippen molar-refractivity contribution in [1.29, 1.82) is 0 Å². The molecule has 0 aliphatic heterocycles. The molecule has 5 nitrogen and oxygen atoms in total. The molecule has 5 heteroatoms. The van der Waals surface area contributed by atoms with Gasteiger partial charge in [0.2, 0.25) is 0 Å². The van der Waals surface area contributed by atoms with Gasteiger partial charge in [0.1, 0.15) is 11.6 Å². The normalized spacial score (nSPS) is 10.1. The van der Waals surface area contributed by atoms with Crippen molar-refractivity contribution >= 4 is 11.6 Å². The summed E-state index contributed by atoms with van der Waals surface area (Å²) in [6, 6.07) is 5.92. The van der Waals surface area contributed by atoms with E-state index in [0.29, 0.717) is 0 Å². The zero-order valence-corrected chi connectivity index (χ0v) is 10.7. The summed E-state index contributed by atoms with van der Waals surface area (Å²) in [6.07, 6.45) is 5.28. The number of nitrogens with one attached hydrogen (secondary N) is 1. The topological polar surface area (TPSA) is 53.9 Å². The molecule has 0 fully saturated rings. The molecule has 0 bridgehead atoms. The molecular weight excluding hydrogens is 226 g/mol. The lowest BCUT2D eigenvalue weighted by molar-refractivity contribution is 0.790. The van der Waals surface area contributed by atoms with E-state index in [2.05, 4.69) is 32.1 Å². The van der Waals surface area contributed by atoms with Gasteiger partial charge in [-0.15, -0.1) is 0 Å². The third kappa shape index (κ3) is 2.94. The lowest BCUT2D eigenvalue weighted by Crippen LogP contribution is -2.24. The number of rotatable bonds is 5. The zero-order valence-electron chi connectivity index (χ0n) is 10.7. The molecule has 0 atom stereocenters. The molecule has 0 saturated heterocycles. The molecule has 2 aromatic heterocycles. The van der Waals surface area contributed by atoms with E-state index in [-0.39, 0.29) is 0 Å². The summed E-state index contributed by atoms with van der Waals surface area (Å²) in [5.74, 6) is 1.63. The van der Waals surface area contributed by atoms with Gasteiger partial charge in [-0.05, 0) is 19.1 Å². The van der Waals surface area contributed by atoms with Crippen LogP contribution in [-0.4, -0.2) is 28.5 Å². The van der Waals surface area contributed by atoms with Crippen molar-refractivity contribution in [1.82, 2.24) is 15.0 Å². The van der Waals surface area contributed by atoms with E-state index in [1.54, 1.807) is 18.6 Å². The summed E-state index contributed by atoms with van der Waals surface area (Å²) >= 11 is 0. The van der Waals surface area contributed by atoms with Crippen molar-refractivity contribution < 1.29 is 0 Å². The second-order valence-electron chi connectivity index (χ2n) is 3.85. The minimum absolute atomic E-state index is 0.735. The Morgan fingerprint density at radius 1 is 1.28 bits per heavy atom. The van der Waals surface area contributed by atoms with E-state index in [1.807, 2.05) is 25.2 Å². The molecular formula is C13H17N5. The summed E-state index contributed by atoms with van der Waals surface area (Å²) in [7, 11) is 1.84. The molecule has 0 amide bonds. The maximum atomic E-state index is 4.48. The van der Waals surface area contributed by atoms with Crippen molar-refractivity contribution in [2.75, 3.05) is 23.8 Å². The summed E-state index contributed by atoms with van der Waals surface area (Å²) < 4.78 is 0. The predicted octanol–water partition coefficient (Wildman–Crippen LogP) is 1.94. The number of nitrogens with zero attached hydrogens (tertiary/aromatic N) is 4. The monoisotopic (exact) mass is 243 g/mol. The molecule has 0 aliphatic carbocycles. The first-order valence-corrected chi connectivity index (χ1v) is 5.98. The maximum Gasteiger partial charge on any atom is 0.149 e. The molecule has 0 unspecified atom stereocenters. The van der Waals surface area contributed by atoms with Crippen LogP contribution in [-0.2, 0) is 6.54 Å². The van der Waals surface area contributed by atoms with E-state index >= 15 is 0 Å². The van der Waals surface area contributed by atoms with Crippen LogP contribution in [0.1, 0.15) is 12.6 Å². The first kappa shape index (κ1) is 12.3. The first-order valence-electron chi connectivity index (χ1n) is 5.98. The van der Waals surface area contributed by atoms with Crippen LogP contribution in [0.15, 0.2) is 36.8 Å². The highest BCUT2D eigenvalue weighted by Gasteiger charge is 2.08. The van der Waals surface area contributed by atoms with Crippen molar-refractivity contribution in [2.45, 2.75) is 13.5 Å². The molecule has 0 radical (unpaired) electrons. The van der Waals surface area contributed by atoms with E-state index in [0.717, 1.165) is 30.4 Å². The van der Waals surface area contributed by atoms with Crippen molar-refractivity contribution in [3.05, 3.63) is 42.5 Å². The van der Waals surface area contributed by atoms with Crippen molar-refractivity contribution in [3.63, 3.8) is 0 Å². The summed E-state index contributed by atoms with van der Waals surface area (Å²) in [5.41, 5.74) is 1.02. The second kappa shape index (κ2) is 5.95. The number of hydrogen-bond acceptors (Lipinski definition) is 5. The average molecular weight is 243 g/mol. The average Bonchev–Trinajstić information content (AvgIpc) is 2.46. The molecule has 2 heterocycles. The molecule has 0 aromatic carbocycles. The number of anilines is 2. The van der Waals surface area contributed by atoms with Gasteiger partial charge in [0.25, 0.3) is 0 Å². The molecule has 94 valence electrons. The highest BCUT2D eigenvalue weighted by atomic mass is 15.2. The Morgan fingerprint density at radius 2 is 2.17 bits per heavy atom. The smallest absolute Gasteiger partial charge is 0.149 e. The van der Waals surface area contributed by atoms with E-state index in [4.69, 9.17) is 0 Å². The highest BCUT2D eigenvalue weighted by molar-refractivity contribution is 5.43. The van der Waals surface area contributed by atoms with Crippen LogP contribution in [0.5, 0.6) is 0 Å². The van der Waals surface area contributed by atoms with Gasteiger partial charge < -0.3 is 10.2 Å². The molecule has 18 heavy (non-hydrogen) atoms. The van der Waals surface area contributed by atoms with Crippen LogP contribution < -0.4 is 10.2 Å². The Morgan fingerprint density at radius 3 is 2.83 bits per heavy atom. The standard InChI is InChI=1S/C13H17N5/c1-3-18(10-11-6-4-5-7-16-11)13-9-15-8-12(14-2)17-13/h4-9H,3,10H2,1-2H3,(H,14,17). The van der Waals surface area contributed by atoms with E-state index in [9.17, 15) is 0 Å². The fraction of sp³-hybridized carbons (Fsp3) is 0.308. The molecule has 0 aliphatic rings. The number of pyridine rings is 1.